The third kappa shape index (κ3) is 6.38. The molecule has 13 heteroatoms. The fourth-order valence-corrected chi connectivity index (χ4v) is 6.85. The lowest BCUT2D eigenvalue weighted by Gasteiger charge is -2.48. The van der Waals surface area contributed by atoms with E-state index in [1.54, 1.807) is 17.9 Å². The quantitative estimate of drug-likeness (QED) is 0.350. The van der Waals surface area contributed by atoms with Gasteiger partial charge in [0.1, 0.15) is 5.82 Å². The van der Waals surface area contributed by atoms with Gasteiger partial charge in [-0.2, -0.15) is 26.3 Å². The fraction of sp³-hybridized carbons (Fsp3) is 0.548. The summed E-state index contributed by atoms with van der Waals surface area (Å²) in [5.74, 6) is -0.274. The number of fused-ring (bicyclic) bond motifs is 1. The minimum Gasteiger partial charge on any atom is -0.337 e. The molecule has 2 aromatic rings. The Balaban J connectivity index is 1.42. The van der Waals surface area contributed by atoms with Gasteiger partial charge < -0.3 is 14.7 Å². The number of carbonyl (C=O) groups is 2. The van der Waals surface area contributed by atoms with E-state index in [-0.39, 0.29) is 36.2 Å². The number of nitrogens with zero attached hydrogens (tertiary/aromatic N) is 4. The molecule has 0 radical (unpaired) electrons. The summed E-state index contributed by atoms with van der Waals surface area (Å²) < 4.78 is 95.2. The van der Waals surface area contributed by atoms with E-state index >= 15 is 0 Å². The normalized spacial score (nSPS) is 24.0. The summed E-state index contributed by atoms with van der Waals surface area (Å²) in [6.45, 7) is 5.43. The van der Waals surface area contributed by atoms with Gasteiger partial charge in [0.25, 0.3) is 0 Å². The van der Waals surface area contributed by atoms with Crippen LogP contribution >= 0.6 is 0 Å². The van der Waals surface area contributed by atoms with E-state index < -0.39 is 47.4 Å². The van der Waals surface area contributed by atoms with Crippen molar-refractivity contribution >= 4 is 11.9 Å². The number of rotatable bonds is 4. The Morgan fingerprint density at radius 2 is 1.59 bits per heavy atom. The van der Waals surface area contributed by atoms with Crippen LogP contribution in [0.4, 0.5) is 35.5 Å². The smallest absolute Gasteiger partial charge is 0.337 e. The van der Waals surface area contributed by atoms with Gasteiger partial charge in [-0.1, -0.05) is 6.07 Å². The van der Waals surface area contributed by atoms with Crippen LogP contribution < -0.4 is 0 Å². The molecule has 3 aliphatic heterocycles. The maximum Gasteiger partial charge on any atom is 0.416 e. The van der Waals surface area contributed by atoms with Crippen molar-refractivity contribution in [3.63, 3.8) is 0 Å². The van der Waals surface area contributed by atoms with E-state index in [4.69, 9.17) is 0 Å². The molecule has 0 bridgehead atoms. The highest BCUT2D eigenvalue weighted by Gasteiger charge is 2.43. The van der Waals surface area contributed by atoms with E-state index in [1.165, 1.54) is 26.1 Å². The van der Waals surface area contributed by atoms with Crippen LogP contribution in [-0.2, 0) is 17.1 Å². The van der Waals surface area contributed by atoms with Crippen molar-refractivity contribution in [1.29, 1.82) is 0 Å². The number of piperidine rings is 1. The number of aryl methyl sites for hydroxylation is 1. The molecule has 240 valence electrons. The Bertz CT molecular complexity index is 1380. The standard InChI is InChI=1S/C31H35F7N4O2/c1-18-12-23(32)4-6-26(18)27-16-24(40-10-11-41-25(17-40)5-7-28(41)43)8-9-42(27)29(44)39(3)19(2)20-13-21(30(33,34)35)15-22(14-20)31(36,37)38/h4,6,12-15,19,24-25,27H,5,7-11,16-17H2,1-3H3/t19-,24+,25-,27+/m0/s1. The number of likely N-dealkylation sites (tertiary alicyclic amines) is 1. The van der Waals surface area contributed by atoms with Gasteiger partial charge in [0.15, 0.2) is 0 Å². The van der Waals surface area contributed by atoms with Crippen molar-refractivity contribution in [2.75, 3.05) is 33.2 Å². The summed E-state index contributed by atoms with van der Waals surface area (Å²) in [4.78, 5) is 33.2. The molecule has 5 rings (SSSR count). The van der Waals surface area contributed by atoms with Crippen molar-refractivity contribution in [3.8, 4) is 0 Å². The highest BCUT2D eigenvalue weighted by atomic mass is 19.4. The number of halogens is 7. The number of benzene rings is 2. The molecule has 3 heterocycles. The van der Waals surface area contributed by atoms with Gasteiger partial charge in [-0.3, -0.25) is 9.69 Å². The Morgan fingerprint density at radius 1 is 0.932 bits per heavy atom. The molecule has 4 atom stereocenters. The maximum atomic E-state index is 14.1. The van der Waals surface area contributed by atoms with Crippen LogP contribution in [-0.4, -0.2) is 76.8 Å². The Morgan fingerprint density at radius 3 is 2.20 bits per heavy atom. The summed E-state index contributed by atoms with van der Waals surface area (Å²) in [7, 11) is 1.36. The molecule has 0 aliphatic carbocycles. The van der Waals surface area contributed by atoms with Crippen LogP contribution in [0.5, 0.6) is 0 Å². The van der Waals surface area contributed by atoms with E-state index in [0.29, 0.717) is 56.6 Å². The molecule has 0 spiro atoms. The van der Waals surface area contributed by atoms with E-state index in [0.717, 1.165) is 16.9 Å². The molecule has 0 N–H and O–H groups in total. The lowest BCUT2D eigenvalue weighted by molar-refractivity contribution is -0.143. The van der Waals surface area contributed by atoms with Crippen molar-refractivity contribution in [2.24, 2.45) is 0 Å². The number of carbonyl (C=O) groups excluding carboxylic acids is 2. The highest BCUT2D eigenvalue weighted by molar-refractivity contribution is 5.79. The van der Waals surface area contributed by atoms with E-state index in [1.807, 2.05) is 4.90 Å². The average molecular weight is 629 g/mol. The number of amides is 3. The second kappa shape index (κ2) is 11.9. The van der Waals surface area contributed by atoms with Crippen LogP contribution in [0, 0.1) is 12.7 Å². The second-order valence-electron chi connectivity index (χ2n) is 12.1. The van der Waals surface area contributed by atoms with E-state index in [2.05, 4.69) is 4.90 Å². The summed E-state index contributed by atoms with van der Waals surface area (Å²) in [6, 6.07) is 3.68. The van der Waals surface area contributed by atoms with Crippen LogP contribution in [0.25, 0.3) is 0 Å². The second-order valence-corrected chi connectivity index (χ2v) is 12.1. The summed E-state index contributed by atoms with van der Waals surface area (Å²) in [6.07, 6.45) is -7.60. The van der Waals surface area contributed by atoms with Crippen molar-refractivity contribution in [3.05, 3.63) is 70.0 Å². The van der Waals surface area contributed by atoms with Crippen molar-refractivity contribution in [1.82, 2.24) is 19.6 Å². The van der Waals surface area contributed by atoms with Gasteiger partial charge in [0.05, 0.1) is 23.2 Å². The number of alkyl halides is 6. The van der Waals surface area contributed by atoms with Crippen LogP contribution in [0.2, 0.25) is 0 Å². The highest BCUT2D eigenvalue weighted by Crippen LogP contribution is 2.40. The van der Waals surface area contributed by atoms with Gasteiger partial charge in [-0.15, -0.1) is 0 Å². The zero-order valence-electron chi connectivity index (χ0n) is 24.7. The number of piperazine rings is 1. The third-order valence-electron chi connectivity index (χ3n) is 9.43. The molecule has 3 aliphatic rings. The minimum atomic E-state index is -5.01. The Labute approximate surface area is 251 Å². The number of urea groups is 1. The van der Waals surface area contributed by atoms with Crippen LogP contribution in [0.1, 0.15) is 72.5 Å². The molecule has 44 heavy (non-hydrogen) atoms. The van der Waals surface area contributed by atoms with Crippen molar-refractivity contribution in [2.45, 2.75) is 76.1 Å². The first-order chi connectivity index (χ1) is 20.5. The SMILES string of the molecule is Cc1cc(F)ccc1[C@H]1C[C@H](N2CCN3C(=O)CC[C@H]3C2)CCN1C(=O)N(C)[C@@H](C)c1cc(C(F)(F)F)cc(C(F)(F)F)c1. The predicted octanol–water partition coefficient (Wildman–Crippen LogP) is 6.80. The van der Waals surface area contributed by atoms with Gasteiger partial charge in [0.2, 0.25) is 5.91 Å². The topological polar surface area (TPSA) is 47.1 Å². The van der Waals surface area contributed by atoms with Gasteiger partial charge in [-0.25, -0.2) is 9.18 Å². The molecule has 3 saturated heterocycles. The largest absolute Gasteiger partial charge is 0.416 e. The maximum absolute atomic E-state index is 14.1. The molecule has 6 nitrogen and oxygen atoms in total. The predicted molar refractivity (Wildman–Crippen MR) is 148 cm³/mol. The zero-order chi connectivity index (χ0) is 32.1. The fourth-order valence-electron chi connectivity index (χ4n) is 6.85. The first kappa shape index (κ1) is 32.1. The molecule has 3 amide bonds. The summed E-state index contributed by atoms with van der Waals surface area (Å²) >= 11 is 0. The number of hydrogen-bond donors (Lipinski definition) is 0. The lowest BCUT2D eigenvalue weighted by atomic mass is 9.88. The molecule has 0 saturated carbocycles. The Hall–Kier alpha value is -3.35. The molecular weight excluding hydrogens is 593 g/mol. The zero-order valence-corrected chi connectivity index (χ0v) is 24.7. The molecular formula is C31H35F7N4O2. The first-order valence-corrected chi connectivity index (χ1v) is 14.7. The van der Waals surface area contributed by atoms with Gasteiger partial charge in [-0.05, 0) is 80.1 Å². The molecule has 0 unspecified atom stereocenters. The summed E-state index contributed by atoms with van der Waals surface area (Å²) in [5.41, 5.74) is -1.84. The molecule has 3 fully saturated rings. The molecule has 2 aromatic carbocycles. The van der Waals surface area contributed by atoms with Gasteiger partial charge in [0, 0.05) is 51.7 Å². The third-order valence-corrected chi connectivity index (χ3v) is 9.43. The van der Waals surface area contributed by atoms with E-state index in [9.17, 15) is 40.3 Å². The van der Waals surface area contributed by atoms with Gasteiger partial charge >= 0.3 is 18.4 Å². The van der Waals surface area contributed by atoms with Crippen LogP contribution in [0.3, 0.4) is 0 Å². The lowest BCUT2D eigenvalue weighted by Crippen LogP contribution is -2.57. The Kier molecular flexibility index (Phi) is 8.65. The average Bonchev–Trinajstić information content (AvgIpc) is 3.34. The first-order valence-electron chi connectivity index (χ1n) is 14.7. The van der Waals surface area contributed by atoms with Crippen molar-refractivity contribution < 1.29 is 40.3 Å². The van der Waals surface area contributed by atoms with Crippen LogP contribution in [0.15, 0.2) is 36.4 Å². The minimum absolute atomic E-state index is 0.0619. The molecule has 0 aromatic heterocycles. The number of hydrogen-bond acceptors (Lipinski definition) is 3. The monoisotopic (exact) mass is 628 g/mol. The summed E-state index contributed by atoms with van der Waals surface area (Å²) in [5, 5.41) is 0.